The van der Waals surface area contributed by atoms with Gasteiger partial charge in [0.15, 0.2) is 5.96 Å². The van der Waals surface area contributed by atoms with Crippen molar-refractivity contribution < 1.29 is 4.74 Å². The highest BCUT2D eigenvalue weighted by Gasteiger charge is 2.03. The second-order valence-electron chi connectivity index (χ2n) is 5.35. The molecule has 0 amide bonds. The highest BCUT2D eigenvalue weighted by Crippen LogP contribution is 2.16. The van der Waals surface area contributed by atoms with E-state index in [4.69, 9.17) is 4.74 Å². The van der Waals surface area contributed by atoms with Crippen LogP contribution >= 0.6 is 0 Å². The van der Waals surface area contributed by atoms with Crippen molar-refractivity contribution in [3.63, 3.8) is 0 Å². The van der Waals surface area contributed by atoms with E-state index in [0.29, 0.717) is 13.1 Å². The third-order valence-corrected chi connectivity index (χ3v) is 3.49. The number of hydrogen-bond donors (Lipinski definition) is 2. The van der Waals surface area contributed by atoms with E-state index in [2.05, 4.69) is 59.8 Å². The predicted molar refractivity (Wildman–Crippen MR) is 95.8 cm³/mol. The Balaban J connectivity index is 2.01. The van der Waals surface area contributed by atoms with Crippen LogP contribution in [0.2, 0.25) is 0 Å². The summed E-state index contributed by atoms with van der Waals surface area (Å²) in [4.78, 5) is 4.65. The largest absolute Gasteiger partial charge is 0.496 e. The minimum atomic E-state index is 0.656. The molecule has 0 heterocycles. The molecule has 2 N–H and O–H groups in total. The quantitative estimate of drug-likeness (QED) is 0.636. The van der Waals surface area contributed by atoms with Gasteiger partial charge in [-0.2, -0.15) is 0 Å². The first kappa shape index (κ1) is 16.9. The molecule has 0 unspecified atom stereocenters. The van der Waals surface area contributed by atoms with E-state index in [-0.39, 0.29) is 0 Å². The molecule has 0 radical (unpaired) electrons. The molecule has 0 aliphatic carbocycles. The van der Waals surface area contributed by atoms with Gasteiger partial charge in [0.25, 0.3) is 0 Å². The van der Waals surface area contributed by atoms with E-state index in [1.54, 1.807) is 7.11 Å². The van der Waals surface area contributed by atoms with Gasteiger partial charge in [0, 0.05) is 18.7 Å². The molecule has 0 aliphatic rings. The van der Waals surface area contributed by atoms with E-state index in [1.165, 1.54) is 11.1 Å². The van der Waals surface area contributed by atoms with Crippen molar-refractivity contribution in [1.82, 2.24) is 10.6 Å². The number of hydrogen-bond acceptors (Lipinski definition) is 2. The minimum Gasteiger partial charge on any atom is -0.496 e. The molecule has 0 spiro atoms. The number of aliphatic imine (C=N–C) groups is 1. The number of benzene rings is 2. The average Bonchev–Trinajstić information content (AvgIpc) is 2.57. The first-order chi connectivity index (χ1) is 11.2. The Kier molecular flexibility index (Phi) is 6.48. The number of para-hydroxylation sites is 1. The molecule has 2 aromatic rings. The summed E-state index contributed by atoms with van der Waals surface area (Å²) in [5, 5.41) is 6.63. The topological polar surface area (TPSA) is 45.7 Å². The van der Waals surface area contributed by atoms with Crippen LogP contribution in [0.15, 0.2) is 53.5 Å². The van der Waals surface area contributed by atoms with Crippen LogP contribution in [-0.2, 0) is 13.1 Å². The molecular formula is C19H25N3O. The van der Waals surface area contributed by atoms with Crippen LogP contribution in [0.25, 0.3) is 0 Å². The van der Waals surface area contributed by atoms with Gasteiger partial charge in [0.05, 0.1) is 13.7 Å². The molecule has 0 fully saturated rings. The molecule has 4 heteroatoms. The van der Waals surface area contributed by atoms with E-state index >= 15 is 0 Å². The first-order valence-corrected chi connectivity index (χ1v) is 7.92. The lowest BCUT2D eigenvalue weighted by Gasteiger charge is -2.13. The normalized spacial score (nSPS) is 11.2. The zero-order valence-electron chi connectivity index (χ0n) is 14.1. The highest BCUT2D eigenvalue weighted by atomic mass is 16.5. The molecule has 0 aromatic heterocycles. The molecule has 2 rings (SSSR count). The van der Waals surface area contributed by atoms with Crippen LogP contribution in [-0.4, -0.2) is 19.6 Å². The molecule has 0 bridgehead atoms. The maximum absolute atomic E-state index is 5.38. The Bertz CT molecular complexity index is 653. The van der Waals surface area contributed by atoms with Crippen LogP contribution in [0.5, 0.6) is 5.75 Å². The van der Waals surface area contributed by atoms with Crippen molar-refractivity contribution >= 4 is 5.96 Å². The Morgan fingerprint density at radius 2 is 1.91 bits per heavy atom. The smallest absolute Gasteiger partial charge is 0.191 e. The predicted octanol–water partition coefficient (Wildman–Crippen LogP) is 3.26. The fourth-order valence-electron chi connectivity index (χ4n) is 2.35. The molecule has 0 saturated heterocycles. The number of rotatable bonds is 6. The average molecular weight is 311 g/mol. The summed E-state index contributed by atoms with van der Waals surface area (Å²) in [6.07, 6.45) is 0. The summed E-state index contributed by atoms with van der Waals surface area (Å²) in [7, 11) is 1.69. The molecular weight excluding hydrogens is 286 g/mol. The van der Waals surface area contributed by atoms with Gasteiger partial charge >= 0.3 is 0 Å². The van der Waals surface area contributed by atoms with Crippen molar-refractivity contribution in [2.75, 3.05) is 13.7 Å². The Labute approximate surface area is 138 Å². The van der Waals surface area contributed by atoms with Crippen LogP contribution in [0.1, 0.15) is 23.6 Å². The maximum atomic E-state index is 5.38. The van der Waals surface area contributed by atoms with Crippen molar-refractivity contribution in [2.45, 2.75) is 26.9 Å². The zero-order valence-corrected chi connectivity index (χ0v) is 14.1. The van der Waals surface area contributed by atoms with E-state index in [1.807, 2.05) is 18.2 Å². The Hall–Kier alpha value is -2.49. The monoisotopic (exact) mass is 311 g/mol. The molecule has 0 aliphatic heterocycles. The summed E-state index contributed by atoms with van der Waals surface area (Å²) < 4.78 is 5.38. The molecule has 23 heavy (non-hydrogen) atoms. The standard InChI is InChI=1S/C19H25N3O/c1-4-20-19(21-13-16-9-7-8-15(2)12-16)22-14-17-10-5-6-11-18(17)23-3/h5-12H,4,13-14H2,1-3H3,(H2,20,21,22). The maximum Gasteiger partial charge on any atom is 0.191 e. The van der Waals surface area contributed by atoms with Gasteiger partial charge in [0.1, 0.15) is 5.75 Å². The van der Waals surface area contributed by atoms with E-state index in [0.717, 1.165) is 23.8 Å². The van der Waals surface area contributed by atoms with Gasteiger partial charge in [0.2, 0.25) is 0 Å². The second kappa shape index (κ2) is 8.83. The van der Waals surface area contributed by atoms with Crippen molar-refractivity contribution in [3.05, 3.63) is 65.2 Å². The first-order valence-electron chi connectivity index (χ1n) is 7.92. The molecule has 122 valence electrons. The molecule has 2 aromatic carbocycles. The van der Waals surface area contributed by atoms with Gasteiger partial charge in [-0.1, -0.05) is 48.0 Å². The summed E-state index contributed by atoms with van der Waals surface area (Å²) in [6.45, 7) is 6.31. The van der Waals surface area contributed by atoms with E-state index < -0.39 is 0 Å². The number of guanidine groups is 1. The van der Waals surface area contributed by atoms with Crippen molar-refractivity contribution in [2.24, 2.45) is 4.99 Å². The number of ether oxygens (including phenoxy) is 1. The molecule has 4 nitrogen and oxygen atoms in total. The number of methoxy groups -OCH3 is 1. The second-order valence-corrected chi connectivity index (χ2v) is 5.35. The van der Waals surface area contributed by atoms with Gasteiger partial charge in [-0.25, -0.2) is 4.99 Å². The third-order valence-electron chi connectivity index (χ3n) is 3.49. The SMILES string of the molecule is CCNC(=NCc1cccc(C)c1)NCc1ccccc1OC. The fraction of sp³-hybridized carbons (Fsp3) is 0.316. The Morgan fingerprint density at radius 1 is 1.09 bits per heavy atom. The lowest BCUT2D eigenvalue weighted by Crippen LogP contribution is -2.36. The van der Waals surface area contributed by atoms with Crippen LogP contribution in [0.4, 0.5) is 0 Å². The summed E-state index contributed by atoms with van der Waals surface area (Å²) in [6, 6.07) is 16.4. The zero-order chi connectivity index (χ0) is 16.5. The lowest BCUT2D eigenvalue weighted by atomic mass is 10.1. The number of nitrogens with one attached hydrogen (secondary N) is 2. The third kappa shape index (κ3) is 5.33. The van der Waals surface area contributed by atoms with E-state index in [9.17, 15) is 0 Å². The number of nitrogens with zero attached hydrogens (tertiary/aromatic N) is 1. The fourth-order valence-corrected chi connectivity index (χ4v) is 2.35. The van der Waals surface area contributed by atoms with Gasteiger partial charge in [-0.05, 0) is 25.5 Å². The summed E-state index contributed by atoms with van der Waals surface area (Å²) in [5.74, 6) is 1.69. The minimum absolute atomic E-state index is 0.656. The lowest BCUT2D eigenvalue weighted by molar-refractivity contribution is 0.409. The van der Waals surface area contributed by atoms with Gasteiger partial charge in [-0.15, -0.1) is 0 Å². The molecule has 0 saturated carbocycles. The van der Waals surface area contributed by atoms with Crippen molar-refractivity contribution in [3.8, 4) is 5.75 Å². The number of aryl methyl sites for hydroxylation is 1. The van der Waals surface area contributed by atoms with Crippen LogP contribution in [0, 0.1) is 6.92 Å². The van der Waals surface area contributed by atoms with Crippen molar-refractivity contribution in [1.29, 1.82) is 0 Å². The summed E-state index contributed by atoms with van der Waals surface area (Å²) in [5.41, 5.74) is 3.57. The summed E-state index contributed by atoms with van der Waals surface area (Å²) >= 11 is 0. The Morgan fingerprint density at radius 3 is 2.65 bits per heavy atom. The van der Waals surface area contributed by atoms with Gasteiger partial charge < -0.3 is 15.4 Å². The van der Waals surface area contributed by atoms with Crippen LogP contribution in [0.3, 0.4) is 0 Å². The highest BCUT2D eigenvalue weighted by molar-refractivity contribution is 5.79. The van der Waals surface area contributed by atoms with Crippen LogP contribution < -0.4 is 15.4 Å². The molecule has 0 atom stereocenters. The van der Waals surface area contributed by atoms with Gasteiger partial charge in [-0.3, -0.25) is 0 Å².